The number of hydrogen-bond acceptors (Lipinski definition) is 3. The minimum Gasteiger partial charge on any atom is -0.496 e. The maximum Gasteiger partial charge on any atom is 0.132 e. The van der Waals surface area contributed by atoms with Gasteiger partial charge in [0, 0.05) is 10.6 Å². The summed E-state index contributed by atoms with van der Waals surface area (Å²) in [6, 6.07) is 8.00. The van der Waals surface area contributed by atoms with E-state index in [2.05, 4.69) is 6.07 Å². The zero-order chi connectivity index (χ0) is 12.1. The molecule has 0 aliphatic heterocycles. The standard InChI is InChI=1S/C14H20O2S/c1-16-12-7-3-4-8-13(12)17-11-14(15)9-5-2-6-10-14/h3-4,7-8,15H,2,5-6,9-11H2,1H3. The van der Waals surface area contributed by atoms with Crippen molar-refractivity contribution >= 4 is 11.8 Å². The van der Waals surface area contributed by atoms with Gasteiger partial charge in [-0.2, -0.15) is 0 Å². The largest absolute Gasteiger partial charge is 0.496 e. The average molecular weight is 252 g/mol. The highest BCUT2D eigenvalue weighted by Crippen LogP contribution is 2.36. The molecule has 2 rings (SSSR count). The number of rotatable bonds is 4. The lowest BCUT2D eigenvalue weighted by Gasteiger charge is -2.31. The lowest BCUT2D eigenvalue weighted by molar-refractivity contribution is 0.0273. The highest BCUT2D eigenvalue weighted by molar-refractivity contribution is 7.99. The molecule has 0 amide bonds. The zero-order valence-corrected chi connectivity index (χ0v) is 11.1. The summed E-state index contributed by atoms with van der Waals surface area (Å²) in [5, 5.41) is 10.4. The third kappa shape index (κ3) is 3.39. The van der Waals surface area contributed by atoms with Crippen molar-refractivity contribution in [3.63, 3.8) is 0 Å². The lowest BCUT2D eigenvalue weighted by atomic mass is 9.86. The van der Waals surface area contributed by atoms with E-state index < -0.39 is 5.60 Å². The molecule has 0 bridgehead atoms. The van der Waals surface area contributed by atoms with E-state index in [4.69, 9.17) is 4.74 Å². The summed E-state index contributed by atoms with van der Waals surface area (Å²) in [4.78, 5) is 1.12. The van der Waals surface area contributed by atoms with Gasteiger partial charge in [0.05, 0.1) is 12.7 Å². The van der Waals surface area contributed by atoms with Gasteiger partial charge >= 0.3 is 0 Å². The van der Waals surface area contributed by atoms with Crippen LogP contribution in [0.15, 0.2) is 29.2 Å². The number of thioether (sulfide) groups is 1. The van der Waals surface area contributed by atoms with Crippen molar-refractivity contribution in [2.75, 3.05) is 12.9 Å². The second-order valence-electron chi connectivity index (χ2n) is 4.72. The summed E-state index contributed by atoms with van der Waals surface area (Å²) in [6.07, 6.45) is 5.46. The van der Waals surface area contributed by atoms with Gasteiger partial charge in [0.2, 0.25) is 0 Å². The lowest BCUT2D eigenvalue weighted by Crippen LogP contribution is -2.33. The van der Waals surface area contributed by atoms with Gasteiger partial charge in [-0.05, 0) is 25.0 Å². The monoisotopic (exact) mass is 252 g/mol. The van der Waals surface area contributed by atoms with Crippen LogP contribution in [0, 0.1) is 0 Å². The molecular formula is C14H20O2S. The Labute approximate surface area is 107 Å². The normalized spacial score (nSPS) is 18.9. The molecule has 1 aromatic rings. The van der Waals surface area contributed by atoms with Crippen molar-refractivity contribution in [3.05, 3.63) is 24.3 Å². The van der Waals surface area contributed by atoms with E-state index in [0.717, 1.165) is 42.1 Å². The van der Waals surface area contributed by atoms with Gasteiger partial charge in [0.15, 0.2) is 0 Å². The van der Waals surface area contributed by atoms with Crippen LogP contribution in [0.3, 0.4) is 0 Å². The van der Waals surface area contributed by atoms with Crippen LogP contribution in [-0.4, -0.2) is 23.6 Å². The minimum atomic E-state index is -0.468. The van der Waals surface area contributed by atoms with Gasteiger partial charge < -0.3 is 9.84 Å². The molecule has 1 fully saturated rings. The Morgan fingerprint density at radius 2 is 1.94 bits per heavy atom. The van der Waals surface area contributed by atoms with Crippen LogP contribution in [0.4, 0.5) is 0 Å². The van der Waals surface area contributed by atoms with Crippen molar-refractivity contribution in [2.45, 2.75) is 42.6 Å². The predicted molar refractivity (Wildman–Crippen MR) is 71.8 cm³/mol. The van der Waals surface area contributed by atoms with E-state index in [9.17, 15) is 5.11 Å². The third-order valence-electron chi connectivity index (χ3n) is 3.35. The van der Waals surface area contributed by atoms with Crippen LogP contribution in [0.1, 0.15) is 32.1 Å². The molecule has 0 atom stereocenters. The first-order valence-corrected chi connectivity index (χ1v) is 7.20. The topological polar surface area (TPSA) is 29.5 Å². The number of benzene rings is 1. The summed E-state index contributed by atoms with van der Waals surface area (Å²) in [5.41, 5.74) is -0.468. The van der Waals surface area contributed by atoms with Crippen molar-refractivity contribution < 1.29 is 9.84 Å². The smallest absolute Gasteiger partial charge is 0.132 e. The maximum absolute atomic E-state index is 10.4. The van der Waals surface area contributed by atoms with E-state index in [1.54, 1.807) is 18.9 Å². The van der Waals surface area contributed by atoms with Gasteiger partial charge in [-0.15, -0.1) is 11.8 Å². The van der Waals surface area contributed by atoms with E-state index in [0.29, 0.717) is 0 Å². The summed E-state index contributed by atoms with van der Waals surface area (Å²) < 4.78 is 5.32. The molecular weight excluding hydrogens is 232 g/mol. The van der Waals surface area contributed by atoms with Crippen LogP contribution in [-0.2, 0) is 0 Å². The molecule has 3 heteroatoms. The first kappa shape index (κ1) is 12.8. The van der Waals surface area contributed by atoms with Crippen LogP contribution < -0.4 is 4.74 Å². The van der Waals surface area contributed by atoms with Crippen LogP contribution in [0.2, 0.25) is 0 Å². The molecule has 0 radical (unpaired) electrons. The van der Waals surface area contributed by atoms with Crippen LogP contribution in [0.5, 0.6) is 5.75 Å². The maximum atomic E-state index is 10.4. The molecule has 1 aromatic carbocycles. The van der Waals surface area contributed by atoms with Gasteiger partial charge in [-0.25, -0.2) is 0 Å². The Morgan fingerprint density at radius 3 is 2.65 bits per heavy atom. The van der Waals surface area contributed by atoms with E-state index >= 15 is 0 Å². The second kappa shape index (κ2) is 5.78. The van der Waals surface area contributed by atoms with Crippen LogP contribution in [0.25, 0.3) is 0 Å². The summed E-state index contributed by atoms with van der Waals surface area (Å²) >= 11 is 1.70. The molecule has 17 heavy (non-hydrogen) atoms. The Kier molecular flexibility index (Phi) is 4.35. The molecule has 0 spiro atoms. The molecule has 1 saturated carbocycles. The molecule has 2 nitrogen and oxygen atoms in total. The number of methoxy groups -OCH3 is 1. The Morgan fingerprint density at radius 1 is 1.24 bits per heavy atom. The van der Waals surface area contributed by atoms with Crippen molar-refractivity contribution in [1.82, 2.24) is 0 Å². The SMILES string of the molecule is COc1ccccc1SCC1(O)CCCCC1. The fourth-order valence-corrected chi connectivity index (χ4v) is 3.49. The van der Waals surface area contributed by atoms with Crippen molar-refractivity contribution in [3.8, 4) is 5.75 Å². The molecule has 1 N–H and O–H groups in total. The molecule has 0 aromatic heterocycles. The van der Waals surface area contributed by atoms with Gasteiger partial charge in [0.25, 0.3) is 0 Å². The Hall–Kier alpha value is -0.670. The fourth-order valence-electron chi connectivity index (χ4n) is 2.30. The van der Waals surface area contributed by atoms with Gasteiger partial charge in [0.1, 0.15) is 5.75 Å². The van der Waals surface area contributed by atoms with Crippen LogP contribution >= 0.6 is 11.8 Å². The first-order chi connectivity index (χ1) is 8.23. The van der Waals surface area contributed by atoms with Gasteiger partial charge in [-0.1, -0.05) is 31.4 Å². The van der Waals surface area contributed by atoms with E-state index in [1.807, 2.05) is 18.2 Å². The van der Waals surface area contributed by atoms with E-state index in [1.165, 1.54) is 6.42 Å². The zero-order valence-electron chi connectivity index (χ0n) is 10.3. The van der Waals surface area contributed by atoms with Gasteiger partial charge in [-0.3, -0.25) is 0 Å². The Bertz CT molecular complexity index is 359. The average Bonchev–Trinajstić information content (AvgIpc) is 2.38. The fraction of sp³-hybridized carbons (Fsp3) is 0.571. The summed E-state index contributed by atoms with van der Waals surface area (Å²) in [5.74, 6) is 1.67. The summed E-state index contributed by atoms with van der Waals surface area (Å²) in [7, 11) is 1.69. The molecule has 1 aliphatic carbocycles. The number of ether oxygens (including phenoxy) is 1. The third-order valence-corrected chi connectivity index (χ3v) is 4.68. The number of para-hydroxylation sites is 1. The highest BCUT2D eigenvalue weighted by atomic mass is 32.2. The highest BCUT2D eigenvalue weighted by Gasteiger charge is 2.29. The summed E-state index contributed by atoms with van der Waals surface area (Å²) in [6.45, 7) is 0. The molecule has 0 heterocycles. The molecule has 94 valence electrons. The quantitative estimate of drug-likeness (QED) is 0.832. The first-order valence-electron chi connectivity index (χ1n) is 6.22. The minimum absolute atomic E-state index is 0.468. The molecule has 1 aliphatic rings. The molecule has 0 saturated heterocycles. The predicted octanol–water partition coefficient (Wildman–Crippen LogP) is 3.48. The van der Waals surface area contributed by atoms with Crippen molar-refractivity contribution in [2.24, 2.45) is 0 Å². The number of aliphatic hydroxyl groups is 1. The number of hydrogen-bond donors (Lipinski definition) is 1. The Balaban J connectivity index is 1.96. The van der Waals surface area contributed by atoms with E-state index in [-0.39, 0.29) is 0 Å². The second-order valence-corrected chi connectivity index (χ2v) is 5.74. The molecule has 0 unspecified atom stereocenters. The van der Waals surface area contributed by atoms with Crippen molar-refractivity contribution in [1.29, 1.82) is 0 Å².